The summed E-state index contributed by atoms with van der Waals surface area (Å²) in [5, 5.41) is 3.18. The summed E-state index contributed by atoms with van der Waals surface area (Å²) < 4.78 is 14.0. The van der Waals surface area contributed by atoms with E-state index >= 15 is 0 Å². The van der Waals surface area contributed by atoms with Crippen LogP contribution in [0.4, 0.5) is 10.2 Å². The molecule has 1 fully saturated rings. The first-order valence-corrected chi connectivity index (χ1v) is 11.6. The average molecular weight is 481 g/mol. The quantitative estimate of drug-likeness (QED) is 0.559. The second kappa shape index (κ2) is 11.1. The second-order valence-electron chi connectivity index (χ2n) is 8.14. The van der Waals surface area contributed by atoms with Gasteiger partial charge in [-0.2, -0.15) is 0 Å². The molecule has 176 valence electrons. The Morgan fingerprint density at radius 2 is 1.74 bits per heavy atom. The maximum absolute atomic E-state index is 14.0. The highest BCUT2D eigenvalue weighted by Gasteiger charge is 2.23. The molecule has 6 nitrogen and oxygen atoms in total. The normalized spacial score (nSPS) is 13.6. The van der Waals surface area contributed by atoms with Gasteiger partial charge in [-0.15, -0.1) is 0 Å². The minimum Gasteiger partial charge on any atom is -0.353 e. The molecule has 1 N–H and O–H groups in total. The van der Waals surface area contributed by atoms with Gasteiger partial charge in [-0.1, -0.05) is 48.0 Å². The van der Waals surface area contributed by atoms with Crippen LogP contribution >= 0.6 is 11.6 Å². The van der Waals surface area contributed by atoms with Gasteiger partial charge in [-0.3, -0.25) is 9.59 Å². The third-order valence-electron chi connectivity index (χ3n) is 5.90. The first-order chi connectivity index (χ1) is 16.5. The Hall–Kier alpha value is -3.45. The molecule has 4 rings (SSSR count). The molecule has 0 atom stereocenters. The van der Waals surface area contributed by atoms with Crippen molar-refractivity contribution in [2.24, 2.45) is 0 Å². The molecule has 3 aromatic rings. The maximum Gasteiger partial charge on any atom is 0.252 e. The number of amides is 2. The highest BCUT2D eigenvalue weighted by atomic mass is 35.5. The smallest absolute Gasteiger partial charge is 0.252 e. The number of aromatic nitrogens is 1. The Labute approximate surface area is 203 Å². The largest absolute Gasteiger partial charge is 0.353 e. The minimum atomic E-state index is -0.465. The zero-order valence-corrected chi connectivity index (χ0v) is 19.5. The van der Waals surface area contributed by atoms with Crippen LogP contribution in [0.2, 0.25) is 5.02 Å². The summed E-state index contributed by atoms with van der Waals surface area (Å²) in [6.07, 6.45) is 2.28. The van der Waals surface area contributed by atoms with Crippen LogP contribution in [0.15, 0.2) is 66.9 Å². The third kappa shape index (κ3) is 5.91. The zero-order chi connectivity index (χ0) is 23.9. The number of nitrogens with one attached hydrogen (secondary N) is 1. The fourth-order valence-corrected chi connectivity index (χ4v) is 4.15. The van der Waals surface area contributed by atoms with Crippen LogP contribution in [0.3, 0.4) is 0 Å². The summed E-state index contributed by atoms with van der Waals surface area (Å²) in [6.45, 7) is 2.78. The van der Waals surface area contributed by atoms with Crippen molar-refractivity contribution in [3.05, 3.63) is 94.4 Å². The molecule has 2 heterocycles. The van der Waals surface area contributed by atoms with Crippen molar-refractivity contribution in [1.82, 2.24) is 15.2 Å². The van der Waals surface area contributed by atoms with Gasteiger partial charge in [0, 0.05) is 49.5 Å². The summed E-state index contributed by atoms with van der Waals surface area (Å²) in [7, 11) is 0. The topological polar surface area (TPSA) is 65.5 Å². The molecule has 1 aromatic heterocycles. The molecule has 34 heavy (non-hydrogen) atoms. The SMILES string of the molecule is O=C(NCCc1ccccc1)c1ccc(N2CCN(C(=O)Cc3c(F)cccc3Cl)CC2)nc1. The van der Waals surface area contributed by atoms with Crippen LogP contribution in [0.5, 0.6) is 0 Å². The molecule has 0 radical (unpaired) electrons. The molecule has 0 bridgehead atoms. The van der Waals surface area contributed by atoms with Gasteiger partial charge >= 0.3 is 0 Å². The summed E-state index contributed by atoms with van der Waals surface area (Å²) in [5.74, 6) is -0.0164. The van der Waals surface area contributed by atoms with Gasteiger partial charge in [0.1, 0.15) is 11.6 Å². The Morgan fingerprint density at radius 3 is 2.41 bits per heavy atom. The van der Waals surface area contributed by atoms with Crippen LogP contribution in [-0.4, -0.2) is 54.4 Å². The summed E-state index contributed by atoms with van der Waals surface area (Å²) in [5.41, 5.74) is 1.91. The van der Waals surface area contributed by atoms with E-state index in [1.165, 1.54) is 17.7 Å². The summed E-state index contributed by atoms with van der Waals surface area (Å²) in [6, 6.07) is 18.0. The number of hydrogen-bond donors (Lipinski definition) is 1. The van der Waals surface area contributed by atoms with Crippen molar-refractivity contribution in [2.45, 2.75) is 12.8 Å². The van der Waals surface area contributed by atoms with E-state index in [2.05, 4.69) is 15.2 Å². The number of carbonyl (C=O) groups excluding carboxylic acids is 2. The lowest BCUT2D eigenvalue weighted by molar-refractivity contribution is -0.130. The van der Waals surface area contributed by atoms with Gasteiger partial charge in [0.2, 0.25) is 5.91 Å². The van der Waals surface area contributed by atoms with E-state index in [-0.39, 0.29) is 28.8 Å². The Balaban J connectivity index is 1.25. The number of rotatable bonds is 7. The number of anilines is 1. The third-order valence-corrected chi connectivity index (χ3v) is 6.25. The van der Waals surface area contributed by atoms with E-state index in [1.807, 2.05) is 36.4 Å². The number of benzene rings is 2. The number of pyridine rings is 1. The van der Waals surface area contributed by atoms with E-state index in [0.29, 0.717) is 38.3 Å². The number of piperazine rings is 1. The molecule has 1 aliphatic rings. The standard InChI is InChI=1S/C26H26ClFN4O2/c27-22-7-4-8-23(28)21(22)17-25(33)32-15-13-31(14-16-32)24-10-9-20(18-30-24)26(34)29-12-11-19-5-2-1-3-6-19/h1-10,18H,11-17H2,(H,29,34). The molecule has 0 aliphatic carbocycles. The lowest BCUT2D eigenvalue weighted by atomic mass is 10.1. The predicted molar refractivity (Wildman–Crippen MR) is 131 cm³/mol. The fourth-order valence-electron chi connectivity index (χ4n) is 3.92. The van der Waals surface area contributed by atoms with Gasteiger partial charge in [0.25, 0.3) is 5.91 Å². The van der Waals surface area contributed by atoms with Crippen LogP contribution in [0, 0.1) is 5.82 Å². The molecule has 8 heteroatoms. The molecule has 0 unspecified atom stereocenters. The first kappa shape index (κ1) is 23.7. The number of halogens is 2. The van der Waals surface area contributed by atoms with Crippen LogP contribution in [-0.2, 0) is 17.6 Å². The van der Waals surface area contributed by atoms with E-state index in [0.717, 1.165) is 12.2 Å². The van der Waals surface area contributed by atoms with Crippen molar-refractivity contribution in [3.63, 3.8) is 0 Å². The Bertz CT molecular complexity index is 1110. The summed E-state index contributed by atoms with van der Waals surface area (Å²) in [4.78, 5) is 33.3. The van der Waals surface area contributed by atoms with Crippen LogP contribution < -0.4 is 10.2 Å². The Morgan fingerprint density at radius 1 is 0.971 bits per heavy atom. The molecule has 1 saturated heterocycles. The molecular weight excluding hydrogens is 455 g/mol. The monoisotopic (exact) mass is 480 g/mol. The maximum atomic E-state index is 14.0. The van der Waals surface area contributed by atoms with Crippen LogP contribution in [0.1, 0.15) is 21.5 Å². The fraction of sp³-hybridized carbons (Fsp3) is 0.269. The van der Waals surface area contributed by atoms with Crippen LogP contribution in [0.25, 0.3) is 0 Å². The van der Waals surface area contributed by atoms with Gasteiger partial charge in [-0.05, 0) is 36.2 Å². The van der Waals surface area contributed by atoms with Crippen molar-refractivity contribution >= 4 is 29.2 Å². The lowest BCUT2D eigenvalue weighted by Gasteiger charge is -2.35. The van der Waals surface area contributed by atoms with E-state index in [1.54, 1.807) is 23.2 Å². The highest BCUT2D eigenvalue weighted by molar-refractivity contribution is 6.31. The number of nitrogens with zero attached hydrogens (tertiary/aromatic N) is 3. The van der Waals surface area contributed by atoms with Crippen molar-refractivity contribution < 1.29 is 14.0 Å². The average Bonchev–Trinajstić information content (AvgIpc) is 2.87. The predicted octanol–water partition coefficient (Wildman–Crippen LogP) is 3.74. The Kier molecular flexibility index (Phi) is 7.75. The van der Waals surface area contributed by atoms with Gasteiger partial charge in [-0.25, -0.2) is 9.37 Å². The molecule has 0 spiro atoms. The van der Waals surface area contributed by atoms with E-state index in [9.17, 15) is 14.0 Å². The summed E-state index contributed by atoms with van der Waals surface area (Å²) >= 11 is 6.05. The zero-order valence-electron chi connectivity index (χ0n) is 18.7. The molecule has 1 aliphatic heterocycles. The van der Waals surface area contributed by atoms with Gasteiger partial charge in [0.15, 0.2) is 0 Å². The van der Waals surface area contributed by atoms with E-state index in [4.69, 9.17) is 11.6 Å². The molecule has 2 amide bonds. The van der Waals surface area contributed by atoms with Gasteiger partial charge < -0.3 is 15.1 Å². The van der Waals surface area contributed by atoms with Crippen molar-refractivity contribution in [1.29, 1.82) is 0 Å². The molecule has 0 saturated carbocycles. The number of carbonyl (C=O) groups is 2. The highest BCUT2D eigenvalue weighted by Crippen LogP contribution is 2.21. The number of hydrogen-bond acceptors (Lipinski definition) is 4. The van der Waals surface area contributed by atoms with Crippen molar-refractivity contribution in [3.8, 4) is 0 Å². The van der Waals surface area contributed by atoms with Gasteiger partial charge in [0.05, 0.1) is 12.0 Å². The van der Waals surface area contributed by atoms with Crippen molar-refractivity contribution in [2.75, 3.05) is 37.6 Å². The second-order valence-corrected chi connectivity index (χ2v) is 8.55. The van der Waals surface area contributed by atoms with E-state index < -0.39 is 5.82 Å². The first-order valence-electron chi connectivity index (χ1n) is 11.2. The minimum absolute atomic E-state index is 0.0577. The molecular formula is C26H26ClFN4O2. The molecule has 2 aromatic carbocycles. The lowest BCUT2D eigenvalue weighted by Crippen LogP contribution is -2.49.